The number of fused-ring (bicyclic) bond motifs is 4. The van der Waals surface area contributed by atoms with E-state index >= 15 is 0 Å². The van der Waals surface area contributed by atoms with Crippen molar-refractivity contribution in [1.29, 1.82) is 0 Å². The minimum absolute atomic E-state index is 0.0314. The molecular weight excluding hydrogens is 2040 g/mol. The number of carbonyl (C=O) groups is 4. The number of nitrogens with zero attached hydrogens (tertiary/aromatic N) is 20. The maximum Gasteiger partial charge on any atom is 0.490 e. The largest absolute Gasteiger partial charge is 0.497 e. The van der Waals surface area contributed by atoms with Gasteiger partial charge in [0, 0.05) is 139 Å². The first-order chi connectivity index (χ1) is 70.9. The number of halogens is 12. The molecule has 4 aliphatic heterocycles. The summed E-state index contributed by atoms with van der Waals surface area (Å²) in [6.45, 7) is 21.6. The Balaban J connectivity index is 0.000000204. The quantitative estimate of drug-likeness (QED) is 0.0285. The van der Waals surface area contributed by atoms with Crippen LogP contribution >= 0.6 is 0 Å². The molecule has 12 heterocycles. The van der Waals surface area contributed by atoms with Crippen LogP contribution in [0.3, 0.4) is 0 Å². The molecule has 0 atom stereocenters. The summed E-state index contributed by atoms with van der Waals surface area (Å²) >= 11 is 0. The van der Waals surface area contributed by atoms with Gasteiger partial charge in [-0.2, -0.15) is 92.6 Å². The summed E-state index contributed by atoms with van der Waals surface area (Å²) in [5.41, 5.74) is 1.90. The van der Waals surface area contributed by atoms with Gasteiger partial charge in [-0.15, -0.1) is 23.7 Å². The fourth-order valence-corrected chi connectivity index (χ4v) is 14.2. The number of aliphatic carboxylic acids is 4. The van der Waals surface area contributed by atoms with Crippen LogP contribution in [0.25, 0.3) is 44.7 Å². The molecule has 0 unspecified atom stereocenters. The van der Waals surface area contributed by atoms with Gasteiger partial charge >= 0.3 is 72.6 Å². The average molecular weight is 2140 g/mol. The fourth-order valence-electron chi connectivity index (χ4n) is 13.7. The first kappa shape index (κ1) is 117. The van der Waals surface area contributed by atoms with Gasteiger partial charge in [-0.3, -0.25) is 55.7 Å². The van der Waals surface area contributed by atoms with Crippen molar-refractivity contribution < 1.29 is 134 Å². The standard InChI is InChI=1S/3C21H24N6O3.C20H23N7O4S.4C2HF3O2/c1-4-5-12-27-17-18(23-20(27)26-13-10-22-11-14-26)24-21(25(2)19(17)28)30-16-8-6-15(29-3)7-9-16;1-4-5-11-27-17-18(23-20(27)26-12-9-22-10-13-26)24-21(25(2)19(17)28)30-16-8-6-7-15(14-16)29-3;1-4-5-12-27-17-18(23-20(27)26-13-10-22-11-14-26)24-21(25(2)19(17)28)30-16-9-7-6-8-15(16)29-3;1-3-4-11-27-16-17(23-19(27)26-12-9-22-10-13-26)24-20(25(2)18(16)28)31-14-5-7-15(8-6-14)32(21,29)30;4*3-2(4,5)1(6)7/h6-9,22H,10-14H2,1-3H3;6-8,14,22H,9-13H2,1-3H3;6-9,22H,10-14H2,1-3H3;5-8,22H,9-13H2,1-2H3,(H2,21,29,30);4*(H,6,7). The first-order valence-electron chi connectivity index (χ1n) is 44.2. The maximum absolute atomic E-state index is 13.2. The highest BCUT2D eigenvalue weighted by molar-refractivity contribution is 7.89. The molecule has 0 saturated carbocycles. The number of methoxy groups -OCH3 is 3. The van der Waals surface area contributed by atoms with Gasteiger partial charge in [0.15, 0.2) is 56.2 Å². The van der Waals surface area contributed by atoms with Gasteiger partial charge in [0.25, 0.3) is 22.2 Å². The van der Waals surface area contributed by atoms with Gasteiger partial charge in [0.2, 0.25) is 33.8 Å². The number of alkyl halides is 12. The van der Waals surface area contributed by atoms with Gasteiger partial charge in [-0.05, 0) is 100 Å². The van der Waals surface area contributed by atoms with Crippen LogP contribution in [-0.2, 0) is 83.6 Å². The Bertz CT molecular complexity index is 7370. The molecular formula is C91H99F12N25O21S. The molecule has 8 aromatic heterocycles. The third kappa shape index (κ3) is 30.9. The second-order valence-corrected chi connectivity index (χ2v) is 32.6. The van der Waals surface area contributed by atoms with Crippen LogP contribution in [0, 0.1) is 47.4 Å². The minimum atomic E-state index is -5.08. The Morgan fingerprint density at radius 1 is 0.347 bits per heavy atom. The summed E-state index contributed by atoms with van der Waals surface area (Å²) in [6.07, 6.45) is -20.3. The molecule has 12 aromatic rings. The Hall–Kier alpha value is -16.9. The number of hydrogen-bond acceptors (Lipinski definition) is 33. The SMILES string of the molecule is CC#CCn1c(N2CCNCC2)nc2nc(Oc3ccc(OC)cc3)n(C)c(=O)c21.CC#CCn1c(N2CCNCC2)nc2nc(Oc3ccc(S(N)(=O)=O)cc3)n(C)c(=O)c21.CC#CCn1c(N2CCNCC2)nc2nc(Oc3cccc(OC)c3)n(C)c(=O)c21.CC#CCn1c(N2CCNCC2)nc2nc(Oc3ccccc3OC)n(C)c(=O)c21.O=C(O)C(F)(F)F.O=C(O)C(F)(F)F.O=C(O)C(F)(F)F.O=C(O)C(F)(F)F. The van der Waals surface area contributed by atoms with Crippen molar-refractivity contribution >= 4 is 102 Å². The van der Waals surface area contributed by atoms with Crippen molar-refractivity contribution in [3.8, 4) is 112 Å². The lowest BCUT2D eigenvalue weighted by Gasteiger charge is -2.28. The second-order valence-electron chi connectivity index (χ2n) is 31.0. The van der Waals surface area contributed by atoms with E-state index in [1.165, 1.54) is 42.5 Å². The van der Waals surface area contributed by atoms with E-state index in [1.807, 2.05) is 38.0 Å². The number of rotatable bonds is 20. The van der Waals surface area contributed by atoms with Crippen molar-refractivity contribution in [3.05, 3.63) is 138 Å². The van der Waals surface area contributed by atoms with Crippen LogP contribution in [0.4, 0.5) is 76.5 Å². The normalized spacial score (nSPS) is 13.4. The summed E-state index contributed by atoms with van der Waals surface area (Å²) in [4.78, 5) is 134. The van der Waals surface area contributed by atoms with Crippen LogP contribution in [-0.4, -0.2) is 280 Å². The molecule has 0 amide bonds. The van der Waals surface area contributed by atoms with Crippen LogP contribution in [0.5, 0.6) is 64.3 Å². The summed E-state index contributed by atoms with van der Waals surface area (Å²) in [5.74, 6) is 19.2. The number of aromatic nitrogens is 16. The lowest BCUT2D eigenvalue weighted by molar-refractivity contribution is -0.193. The Morgan fingerprint density at radius 2 is 0.587 bits per heavy atom. The third-order valence-corrected chi connectivity index (χ3v) is 22.0. The number of nitrogens with two attached hydrogens (primary N) is 1. The van der Waals surface area contributed by atoms with E-state index in [4.69, 9.17) is 87.9 Å². The molecule has 0 radical (unpaired) electrons. The highest BCUT2D eigenvalue weighted by Gasteiger charge is 2.41. The number of carboxylic acids is 4. The number of benzene rings is 4. The van der Waals surface area contributed by atoms with Crippen molar-refractivity contribution in [1.82, 2.24) is 97.7 Å². The van der Waals surface area contributed by atoms with Crippen molar-refractivity contribution in [2.75, 3.05) is 146 Å². The zero-order chi connectivity index (χ0) is 110. The van der Waals surface area contributed by atoms with Gasteiger partial charge < -0.3 is 94.5 Å². The monoisotopic (exact) mass is 2140 g/mol. The lowest BCUT2D eigenvalue weighted by atomic mass is 10.3. The minimum Gasteiger partial charge on any atom is -0.497 e. The number of nitrogens with one attached hydrogen (secondary N) is 4. The predicted molar refractivity (Wildman–Crippen MR) is 517 cm³/mol. The highest BCUT2D eigenvalue weighted by Crippen LogP contribution is 2.34. The number of primary sulfonamides is 1. The molecule has 804 valence electrons. The van der Waals surface area contributed by atoms with Crippen LogP contribution < -0.4 is 101 Å². The Labute approximate surface area is 842 Å². The molecule has 4 aromatic carbocycles. The number of piperazine rings is 4. The van der Waals surface area contributed by atoms with E-state index in [2.05, 4.69) is 118 Å². The summed E-state index contributed by atoms with van der Waals surface area (Å²) in [6, 6.07) is 27.5. The van der Waals surface area contributed by atoms with E-state index < -0.39 is 58.6 Å². The van der Waals surface area contributed by atoms with E-state index in [-0.39, 0.29) is 56.8 Å². The van der Waals surface area contributed by atoms with Crippen molar-refractivity contribution in [2.24, 2.45) is 33.3 Å². The van der Waals surface area contributed by atoms with Gasteiger partial charge in [0.05, 0.1) is 52.4 Å². The van der Waals surface area contributed by atoms with Gasteiger partial charge in [-0.25, -0.2) is 32.7 Å². The zero-order valence-electron chi connectivity index (χ0n) is 81.6. The van der Waals surface area contributed by atoms with E-state index in [9.17, 15) is 80.3 Å². The number of sulfonamides is 1. The molecule has 0 spiro atoms. The smallest absolute Gasteiger partial charge is 0.490 e. The molecule has 16 rings (SSSR count). The molecule has 59 heteroatoms. The van der Waals surface area contributed by atoms with Crippen molar-refractivity contribution in [2.45, 2.75) is 83.5 Å². The van der Waals surface area contributed by atoms with Gasteiger partial charge in [0.1, 0.15) is 28.7 Å². The number of anilines is 4. The molecule has 46 nitrogen and oxygen atoms in total. The van der Waals surface area contributed by atoms with Crippen molar-refractivity contribution in [3.63, 3.8) is 0 Å². The summed E-state index contributed by atoms with van der Waals surface area (Å²) in [7, 11) is 7.39. The molecule has 4 aliphatic rings. The van der Waals surface area contributed by atoms with E-state index in [0.29, 0.717) is 123 Å². The number of imidazole rings is 4. The molecule has 10 N–H and O–H groups in total. The average Bonchev–Trinajstić information content (AvgIpc) is 1.62. The number of carboxylic acid groups (broad SMARTS) is 4. The molecule has 4 saturated heterocycles. The van der Waals surface area contributed by atoms with Crippen LogP contribution in [0.2, 0.25) is 0 Å². The fraction of sp³-hybridized carbons (Fsp3) is 0.385. The Morgan fingerprint density at radius 3 is 0.833 bits per heavy atom. The number of hydrogen-bond donors (Lipinski definition) is 9. The third-order valence-electron chi connectivity index (χ3n) is 21.1. The van der Waals surface area contributed by atoms with Crippen LogP contribution in [0.15, 0.2) is 121 Å². The zero-order valence-corrected chi connectivity index (χ0v) is 82.4. The molecule has 0 bridgehead atoms. The maximum atomic E-state index is 13.2. The van der Waals surface area contributed by atoms with E-state index in [1.54, 1.807) is 130 Å². The summed E-state index contributed by atoms with van der Waals surface area (Å²) in [5, 5.41) is 46.9. The topological polar surface area (TPSA) is 546 Å². The predicted octanol–water partition coefficient (Wildman–Crippen LogP) is 6.63. The summed E-state index contributed by atoms with van der Waals surface area (Å²) < 4.78 is 202. The lowest BCUT2D eigenvalue weighted by Crippen LogP contribution is -2.44. The van der Waals surface area contributed by atoms with E-state index in [0.717, 1.165) is 110 Å². The highest BCUT2D eigenvalue weighted by atomic mass is 32.2. The van der Waals surface area contributed by atoms with Crippen LogP contribution in [0.1, 0.15) is 27.7 Å². The number of para-hydroxylation sites is 2. The first-order valence-corrected chi connectivity index (χ1v) is 45.8. The molecule has 4 fully saturated rings. The Kier molecular flexibility index (Phi) is 40.8. The number of ether oxygens (including phenoxy) is 7. The van der Waals surface area contributed by atoms with Gasteiger partial charge in [-0.1, -0.05) is 41.9 Å². The second kappa shape index (κ2) is 52.4. The molecule has 150 heavy (non-hydrogen) atoms. The molecule has 0 aliphatic carbocycles.